The Morgan fingerprint density at radius 1 is 1.05 bits per heavy atom. The Hall–Kier alpha value is -1.52. The fourth-order valence-corrected chi connectivity index (χ4v) is 12.0. The predicted octanol–water partition coefficient (Wildman–Crippen LogP) is 9.21. The van der Waals surface area contributed by atoms with Crippen LogP contribution in [-0.2, 0) is 9.92 Å². The molecule has 2 saturated carbocycles. The van der Waals surface area contributed by atoms with E-state index in [0.29, 0.717) is 41.2 Å². The van der Waals surface area contributed by atoms with Crippen LogP contribution in [0.2, 0.25) is 10.0 Å². The van der Waals surface area contributed by atoms with E-state index in [9.17, 15) is 9.00 Å². The van der Waals surface area contributed by atoms with Crippen molar-refractivity contribution in [3.8, 4) is 5.75 Å². The highest BCUT2D eigenvalue weighted by Crippen LogP contribution is 2.59. The molecule has 11 heteroatoms. The molecule has 1 amide bonds. The summed E-state index contributed by atoms with van der Waals surface area (Å²) in [6.45, 7) is 10.4. The third kappa shape index (κ3) is 7.07. The van der Waals surface area contributed by atoms with Crippen molar-refractivity contribution in [1.29, 1.82) is 4.78 Å². The lowest BCUT2D eigenvalue weighted by molar-refractivity contribution is 0.0921. The molecule has 0 aromatic heterocycles. The Bertz CT molecular complexity index is 1490. The van der Waals surface area contributed by atoms with E-state index in [1.807, 2.05) is 45.4 Å². The third-order valence-electron chi connectivity index (χ3n) is 9.69. The van der Waals surface area contributed by atoms with Gasteiger partial charge in [-0.15, -0.1) is 0 Å². The van der Waals surface area contributed by atoms with Crippen molar-refractivity contribution in [2.75, 3.05) is 32.2 Å². The summed E-state index contributed by atoms with van der Waals surface area (Å²) in [6, 6.07) is 8.84. The average molecular weight is 687 g/mol. The molecule has 6 nitrogen and oxygen atoms in total. The zero-order valence-electron chi connectivity index (χ0n) is 26.6. The SMILES string of the molecule is C[C@@H](c1cc(Cl)cc(Cl)c1)N1CCC(COc2cc(F)c(C(=O)N(S(C)(C)C(C)(C)C)S(=N)(=O)C3CC3)cc2C2CC2)CC1. The summed E-state index contributed by atoms with van der Waals surface area (Å²) < 4.78 is 45.7. The molecule has 3 aliphatic rings. The van der Waals surface area contributed by atoms with Gasteiger partial charge in [-0.3, -0.25) is 9.69 Å². The molecule has 0 radical (unpaired) electrons. The second kappa shape index (κ2) is 12.6. The number of nitrogens with zero attached hydrogens (tertiary/aromatic N) is 2. The lowest BCUT2D eigenvalue weighted by atomic mass is 9.95. The van der Waals surface area contributed by atoms with Crippen LogP contribution in [0.5, 0.6) is 5.75 Å². The molecule has 44 heavy (non-hydrogen) atoms. The first-order chi connectivity index (χ1) is 20.5. The normalized spacial score (nSPS) is 21.0. The van der Waals surface area contributed by atoms with Crippen LogP contribution in [0.4, 0.5) is 4.39 Å². The van der Waals surface area contributed by atoms with E-state index in [4.69, 9.17) is 32.7 Å². The maximum absolute atomic E-state index is 15.8. The molecular weight excluding hydrogens is 640 g/mol. The molecule has 5 rings (SSSR count). The summed E-state index contributed by atoms with van der Waals surface area (Å²) in [5.74, 6) is -0.284. The molecule has 1 aliphatic heterocycles. The van der Waals surface area contributed by atoms with Crippen LogP contribution in [0, 0.1) is 16.5 Å². The van der Waals surface area contributed by atoms with Crippen LogP contribution < -0.4 is 4.74 Å². The highest BCUT2D eigenvalue weighted by Gasteiger charge is 2.48. The molecule has 2 aromatic rings. The number of halogens is 3. The van der Waals surface area contributed by atoms with Gasteiger partial charge in [0.2, 0.25) is 0 Å². The van der Waals surface area contributed by atoms with E-state index < -0.39 is 36.6 Å². The minimum absolute atomic E-state index is 0.104. The van der Waals surface area contributed by atoms with Crippen molar-refractivity contribution in [2.45, 2.75) is 88.2 Å². The van der Waals surface area contributed by atoms with Gasteiger partial charge in [0.1, 0.15) is 21.5 Å². The van der Waals surface area contributed by atoms with Gasteiger partial charge in [0, 0.05) is 26.9 Å². The Labute approximate surface area is 274 Å². The first kappa shape index (κ1) is 33.8. The fourth-order valence-electron chi connectivity index (χ4n) is 5.79. The Kier molecular flexibility index (Phi) is 9.68. The van der Waals surface area contributed by atoms with Crippen molar-refractivity contribution >= 4 is 49.2 Å². The second-order valence-corrected chi connectivity index (χ2v) is 21.4. The number of amides is 1. The zero-order valence-corrected chi connectivity index (χ0v) is 29.8. The van der Waals surface area contributed by atoms with Crippen molar-refractivity contribution in [1.82, 2.24) is 8.61 Å². The molecule has 2 aromatic carbocycles. The van der Waals surface area contributed by atoms with Gasteiger partial charge in [0.15, 0.2) is 0 Å². The monoisotopic (exact) mass is 685 g/mol. The van der Waals surface area contributed by atoms with E-state index in [1.165, 1.54) is 9.78 Å². The number of carbonyl (C=O) groups excluding carboxylic acids is 1. The fraction of sp³-hybridized carbons (Fsp3) is 0.606. The van der Waals surface area contributed by atoms with Crippen LogP contribution in [0.3, 0.4) is 0 Å². The molecule has 3 fully saturated rings. The number of hydrogen-bond donors (Lipinski definition) is 1. The van der Waals surface area contributed by atoms with Gasteiger partial charge in [-0.05, 0) is 118 Å². The number of likely N-dealkylation sites (tertiary alicyclic amines) is 1. The molecule has 1 saturated heterocycles. The van der Waals surface area contributed by atoms with E-state index >= 15 is 4.39 Å². The maximum Gasteiger partial charge on any atom is 0.278 e. The third-order valence-corrected chi connectivity index (χ3v) is 17.9. The number of benzene rings is 2. The number of rotatable bonds is 10. The molecule has 1 unspecified atom stereocenters. The molecular formula is C33H46Cl2FN3O3S2. The summed E-state index contributed by atoms with van der Waals surface area (Å²) >= 11 is 12.5. The molecule has 2 atom stereocenters. The summed E-state index contributed by atoms with van der Waals surface area (Å²) in [5, 5.41) is 0.918. The van der Waals surface area contributed by atoms with Gasteiger partial charge in [0.25, 0.3) is 5.91 Å². The van der Waals surface area contributed by atoms with E-state index in [2.05, 4.69) is 11.8 Å². The molecule has 244 valence electrons. The van der Waals surface area contributed by atoms with Crippen molar-refractivity contribution in [3.63, 3.8) is 0 Å². The van der Waals surface area contributed by atoms with Crippen LogP contribution in [0.1, 0.15) is 99.7 Å². The number of ether oxygens (including phenoxy) is 1. The topological polar surface area (TPSA) is 73.7 Å². The van der Waals surface area contributed by atoms with Crippen molar-refractivity contribution in [3.05, 3.63) is 62.9 Å². The van der Waals surface area contributed by atoms with Crippen LogP contribution in [-0.4, -0.2) is 60.9 Å². The minimum atomic E-state index is -3.41. The quantitative estimate of drug-likeness (QED) is 0.271. The first-order valence-corrected chi connectivity index (χ1v) is 20.3. The van der Waals surface area contributed by atoms with Gasteiger partial charge in [-0.1, -0.05) is 44.0 Å². The zero-order chi connectivity index (χ0) is 32.2. The van der Waals surface area contributed by atoms with E-state index in [1.54, 1.807) is 12.1 Å². The standard InChI is InChI=1S/C33H46Cl2FN3O3S2/c1-21(24-15-25(34)17-26(35)16-24)38-13-11-22(12-14-38)20-42-31-19-30(36)29(18-28(31)23-7-8-23)32(40)39(43(5,6)33(2,3)4)44(37,41)27-9-10-27/h15-19,21-23,27,37H,7-14,20H2,1-6H3/t21-,44?/m0/s1. The summed E-state index contributed by atoms with van der Waals surface area (Å²) in [5.41, 5.74) is 1.83. The Morgan fingerprint density at radius 3 is 2.16 bits per heavy atom. The molecule has 1 N–H and O–H groups in total. The highest BCUT2D eigenvalue weighted by atomic mass is 35.5. The molecule has 1 heterocycles. The lowest BCUT2D eigenvalue weighted by Crippen LogP contribution is -2.46. The second-order valence-electron chi connectivity index (χ2n) is 14.0. The maximum atomic E-state index is 15.8. The van der Waals surface area contributed by atoms with Crippen molar-refractivity contribution in [2.24, 2.45) is 5.92 Å². The van der Waals surface area contributed by atoms with Crippen LogP contribution in [0.25, 0.3) is 0 Å². The van der Waals surface area contributed by atoms with E-state index in [0.717, 1.165) is 49.9 Å². The number of nitrogens with one attached hydrogen (secondary N) is 1. The van der Waals surface area contributed by atoms with Gasteiger partial charge >= 0.3 is 0 Å². The Balaban J connectivity index is 1.31. The van der Waals surface area contributed by atoms with Crippen LogP contribution in [0.15, 0.2) is 30.3 Å². The summed E-state index contributed by atoms with van der Waals surface area (Å²) in [7, 11) is -5.46. The van der Waals surface area contributed by atoms with Gasteiger partial charge in [0.05, 0.1) is 17.4 Å². The number of carbonyl (C=O) groups is 1. The van der Waals surface area contributed by atoms with Crippen molar-refractivity contribution < 1.29 is 18.1 Å². The first-order valence-electron chi connectivity index (χ1n) is 15.5. The van der Waals surface area contributed by atoms with Crippen LogP contribution >= 0.6 is 33.4 Å². The molecule has 2 aliphatic carbocycles. The smallest absolute Gasteiger partial charge is 0.278 e. The molecule has 0 bridgehead atoms. The molecule has 0 spiro atoms. The average Bonchev–Trinajstić information content (AvgIpc) is 3.83. The number of hydrogen-bond acceptors (Lipinski definition) is 5. The lowest BCUT2D eigenvalue weighted by Gasteiger charge is -2.52. The van der Waals surface area contributed by atoms with Gasteiger partial charge in [-0.25, -0.2) is 17.1 Å². The summed E-state index contributed by atoms with van der Waals surface area (Å²) in [6.07, 6.45) is 8.95. The number of piperidine rings is 1. The van der Waals surface area contributed by atoms with E-state index in [-0.39, 0.29) is 22.8 Å². The van der Waals surface area contributed by atoms with Gasteiger partial charge < -0.3 is 4.74 Å². The van der Waals surface area contributed by atoms with Gasteiger partial charge in [-0.2, -0.15) is 10.2 Å². The Morgan fingerprint density at radius 2 is 1.64 bits per heavy atom. The predicted molar refractivity (Wildman–Crippen MR) is 182 cm³/mol. The highest BCUT2D eigenvalue weighted by molar-refractivity contribution is 8.36. The minimum Gasteiger partial charge on any atom is -0.493 e. The summed E-state index contributed by atoms with van der Waals surface area (Å²) in [4.78, 5) is 16.5. The largest absolute Gasteiger partial charge is 0.493 e.